The summed E-state index contributed by atoms with van der Waals surface area (Å²) in [5.74, 6) is 0. The predicted molar refractivity (Wildman–Crippen MR) is 101 cm³/mol. The molecule has 0 N–H and O–H groups in total. The Kier molecular flexibility index (Phi) is 3.80. The normalized spacial score (nSPS) is 15.6. The average molecular weight is 343 g/mol. The van der Waals surface area contributed by atoms with E-state index in [1.807, 2.05) is 0 Å². The zero-order valence-corrected chi connectivity index (χ0v) is 14.9. The molecule has 0 saturated carbocycles. The summed E-state index contributed by atoms with van der Waals surface area (Å²) in [6.07, 6.45) is 5.48. The van der Waals surface area contributed by atoms with Gasteiger partial charge >= 0.3 is 0 Å². The Bertz CT molecular complexity index is 904. The summed E-state index contributed by atoms with van der Waals surface area (Å²) >= 11 is 7.98. The van der Waals surface area contributed by atoms with Gasteiger partial charge in [-0.2, -0.15) is 0 Å². The number of aryl methyl sites for hydroxylation is 1. The Morgan fingerprint density at radius 1 is 1.26 bits per heavy atom. The van der Waals surface area contributed by atoms with Crippen LogP contribution in [0, 0.1) is 6.92 Å². The molecule has 118 valence electrons. The van der Waals surface area contributed by atoms with Gasteiger partial charge in [-0.3, -0.25) is 0 Å². The minimum absolute atomic E-state index is 0.865. The zero-order chi connectivity index (χ0) is 16.0. The van der Waals surface area contributed by atoms with Crippen LogP contribution in [0.5, 0.6) is 0 Å². The number of fused-ring (bicyclic) bond motifs is 3. The molecule has 0 radical (unpaired) electrons. The van der Waals surface area contributed by atoms with Crippen LogP contribution < -0.4 is 0 Å². The topological polar surface area (TPSA) is 8.17 Å². The van der Waals surface area contributed by atoms with Crippen molar-refractivity contribution >= 4 is 45.4 Å². The lowest BCUT2D eigenvalue weighted by Crippen LogP contribution is -2.26. The zero-order valence-electron chi connectivity index (χ0n) is 13.3. The SMILES string of the molecule is Cc1cccc(/C=C\n2c3c(c4sc(Cl)cc42)CN(C)CC3)c1. The lowest BCUT2D eigenvalue weighted by molar-refractivity contribution is 0.312. The van der Waals surface area contributed by atoms with Gasteiger partial charge in [0.1, 0.15) is 0 Å². The third-order valence-corrected chi connectivity index (χ3v) is 5.78. The van der Waals surface area contributed by atoms with Gasteiger partial charge in [0.05, 0.1) is 14.6 Å². The van der Waals surface area contributed by atoms with E-state index in [9.17, 15) is 0 Å². The van der Waals surface area contributed by atoms with Gasteiger partial charge in [0, 0.05) is 37.0 Å². The van der Waals surface area contributed by atoms with Gasteiger partial charge in [-0.25, -0.2) is 0 Å². The quantitative estimate of drug-likeness (QED) is 0.615. The third-order valence-electron chi connectivity index (χ3n) is 4.47. The molecule has 3 heterocycles. The molecule has 1 aromatic carbocycles. The Labute approximate surface area is 145 Å². The molecule has 3 aromatic rings. The lowest BCUT2D eigenvalue weighted by Gasteiger charge is -2.23. The summed E-state index contributed by atoms with van der Waals surface area (Å²) in [7, 11) is 2.18. The monoisotopic (exact) mass is 342 g/mol. The molecule has 0 amide bonds. The summed E-state index contributed by atoms with van der Waals surface area (Å²) in [6, 6.07) is 10.7. The van der Waals surface area contributed by atoms with E-state index in [1.54, 1.807) is 11.3 Å². The van der Waals surface area contributed by atoms with Gasteiger partial charge in [-0.15, -0.1) is 11.3 Å². The molecule has 0 atom stereocenters. The molecule has 2 aromatic heterocycles. The first-order valence-electron chi connectivity index (χ1n) is 7.86. The molecule has 4 rings (SSSR count). The molecular formula is C19H19ClN2S. The highest BCUT2D eigenvalue weighted by Crippen LogP contribution is 2.38. The van der Waals surface area contributed by atoms with E-state index in [2.05, 4.69) is 66.0 Å². The molecule has 1 aliphatic rings. The predicted octanol–water partition coefficient (Wildman–Crippen LogP) is 5.28. The molecule has 0 saturated heterocycles. The van der Waals surface area contributed by atoms with Crippen LogP contribution in [0.4, 0.5) is 0 Å². The summed E-state index contributed by atoms with van der Waals surface area (Å²) in [6.45, 7) is 4.24. The molecule has 0 fully saturated rings. The highest BCUT2D eigenvalue weighted by Gasteiger charge is 2.23. The molecule has 1 aliphatic heterocycles. The second kappa shape index (κ2) is 5.82. The maximum Gasteiger partial charge on any atom is 0.0956 e. The number of thiophene rings is 1. The van der Waals surface area contributed by atoms with E-state index in [-0.39, 0.29) is 0 Å². The van der Waals surface area contributed by atoms with Crippen molar-refractivity contribution in [1.29, 1.82) is 0 Å². The number of hydrogen-bond acceptors (Lipinski definition) is 2. The van der Waals surface area contributed by atoms with Gasteiger partial charge in [-0.05, 0) is 31.7 Å². The molecule has 0 bridgehead atoms. The minimum Gasteiger partial charge on any atom is -0.319 e. The number of aromatic nitrogens is 1. The van der Waals surface area contributed by atoms with Crippen molar-refractivity contribution in [3.8, 4) is 0 Å². The van der Waals surface area contributed by atoms with E-state index in [4.69, 9.17) is 11.6 Å². The van der Waals surface area contributed by atoms with E-state index in [0.29, 0.717) is 0 Å². The molecule has 0 spiro atoms. The Morgan fingerprint density at radius 2 is 2.13 bits per heavy atom. The minimum atomic E-state index is 0.865. The Morgan fingerprint density at radius 3 is 2.96 bits per heavy atom. The van der Waals surface area contributed by atoms with Crippen molar-refractivity contribution in [2.24, 2.45) is 0 Å². The van der Waals surface area contributed by atoms with Crippen LogP contribution in [0.25, 0.3) is 22.5 Å². The van der Waals surface area contributed by atoms with Crippen LogP contribution in [0.2, 0.25) is 4.34 Å². The number of nitrogens with zero attached hydrogens (tertiary/aromatic N) is 2. The van der Waals surface area contributed by atoms with Crippen molar-refractivity contribution < 1.29 is 0 Å². The van der Waals surface area contributed by atoms with Crippen LogP contribution in [0.15, 0.2) is 30.3 Å². The van der Waals surface area contributed by atoms with Crippen LogP contribution in [0.3, 0.4) is 0 Å². The third kappa shape index (κ3) is 2.74. The first kappa shape index (κ1) is 15.0. The van der Waals surface area contributed by atoms with E-state index in [0.717, 1.165) is 23.8 Å². The van der Waals surface area contributed by atoms with Gasteiger partial charge < -0.3 is 9.47 Å². The average Bonchev–Trinajstić information content (AvgIpc) is 3.01. The highest BCUT2D eigenvalue weighted by atomic mass is 35.5. The Balaban J connectivity index is 1.83. The summed E-state index contributed by atoms with van der Waals surface area (Å²) in [5.41, 5.74) is 6.63. The number of likely N-dealkylation sites (N-methyl/N-ethyl adjacent to an activating group) is 1. The standard InChI is InChI=1S/C19H19ClN2S/c1-13-4-3-5-14(10-13)6-9-22-16-7-8-21(2)12-15(16)19-17(22)11-18(20)23-19/h3-6,9-11H,7-8,12H2,1-2H3/b9-6-. The fourth-order valence-electron chi connectivity index (χ4n) is 3.35. The first-order valence-corrected chi connectivity index (χ1v) is 9.05. The highest BCUT2D eigenvalue weighted by molar-refractivity contribution is 7.22. The van der Waals surface area contributed by atoms with Gasteiger partial charge in [0.2, 0.25) is 0 Å². The smallest absolute Gasteiger partial charge is 0.0956 e. The van der Waals surface area contributed by atoms with Crippen molar-refractivity contribution in [3.63, 3.8) is 0 Å². The lowest BCUT2D eigenvalue weighted by atomic mass is 10.1. The largest absolute Gasteiger partial charge is 0.319 e. The van der Waals surface area contributed by atoms with Crippen molar-refractivity contribution in [2.45, 2.75) is 19.9 Å². The van der Waals surface area contributed by atoms with Crippen molar-refractivity contribution in [3.05, 3.63) is 57.1 Å². The molecule has 0 aliphatic carbocycles. The van der Waals surface area contributed by atoms with Crippen LogP contribution >= 0.6 is 22.9 Å². The second-order valence-electron chi connectivity index (χ2n) is 6.28. The molecule has 2 nitrogen and oxygen atoms in total. The van der Waals surface area contributed by atoms with Crippen LogP contribution in [-0.2, 0) is 13.0 Å². The molecule has 4 heteroatoms. The van der Waals surface area contributed by atoms with Crippen LogP contribution in [-0.4, -0.2) is 23.1 Å². The van der Waals surface area contributed by atoms with Gasteiger partial charge in [0.25, 0.3) is 0 Å². The van der Waals surface area contributed by atoms with Gasteiger partial charge in [-0.1, -0.05) is 41.4 Å². The summed E-state index contributed by atoms with van der Waals surface area (Å²) in [5, 5.41) is 0. The second-order valence-corrected chi connectivity index (χ2v) is 7.96. The Hall–Kier alpha value is -1.55. The van der Waals surface area contributed by atoms with Gasteiger partial charge in [0.15, 0.2) is 0 Å². The number of rotatable bonds is 2. The van der Waals surface area contributed by atoms with E-state index < -0.39 is 0 Å². The van der Waals surface area contributed by atoms with E-state index >= 15 is 0 Å². The number of hydrogen-bond donors (Lipinski definition) is 0. The van der Waals surface area contributed by atoms with Crippen molar-refractivity contribution in [2.75, 3.05) is 13.6 Å². The number of halogens is 1. The number of benzene rings is 1. The summed E-state index contributed by atoms with van der Waals surface area (Å²) < 4.78 is 4.54. The molecule has 0 unspecified atom stereocenters. The molecule has 23 heavy (non-hydrogen) atoms. The fraction of sp³-hybridized carbons (Fsp3) is 0.263. The fourth-order valence-corrected chi connectivity index (χ4v) is 4.62. The maximum absolute atomic E-state index is 6.28. The summed E-state index contributed by atoms with van der Waals surface area (Å²) in [4.78, 5) is 2.38. The first-order chi connectivity index (χ1) is 11.1. The molecular weight excluding hydrogens is 324 g/mol. The van der Waals surface area contributed by atoms with Crippen LogP contribution in [0.1, 0.15) is 22.4 Å². The van der Waals surface area contributed by atoms with Crippen molar-refractivity contribution in [1.82, 2.24) is 9.47 Å². The maximum atomic E-state index is 6.28. The van der Waals surface area contributed by atoms with E-state index in [1.165, 1.54) is 32.6 Å².